The van der Waals surface area contributed by atoms with E-state index in [0.717, 1.165) is 11.5 Å². The Hall–Kier alpha value is -3.80. The zero-order valence-corrected chi connectivity index (χ0v) is 18.1. The van der Waals surface area contributed by atoms with E-state index >= 15 is 0 Å². The summed E-state index contributed by atoms with van der Waals surface area (Å²) in [7, 11) is 3.69. The molecule has 3 rings (SSSR count). The minimum absolute atomic E-state index is 0.578. The molecule has 0 unspecified atom stereocenters. The quantitative estimate of drug-likeness (QED) is 0.328. The lowest BCUT2D eigenvalue weighted by molar-refractivity contribution is 0.426. The fraction of sp³-hybridized carbons (Fsp3) is 0.200. The third-order valence-corrected chi connectivity index (χ3v) is 4.66. The predicted molar refractivity (Wildman–Crippen MR) is 128 cm³/mol. The van der Waals surface area contributed by atoms with Crippen LogP contribution in [0.25, 0.3) is 0 Å². The molecule has 0 fully saturated rings. The number of hydrogen-bond acceptors (Lipinski definition) is 2. The van der Waals surface area contributed by atoms with Crippen molar-refractivity contribution in [3.8, 4) is 0 Å². The van der Waals surface area contributed by atoms with Gasteiger partial charge >= 0.3 is 0 Å². The Bertz CT molecular complexity index is 955. The second kappa shape index (κ2) is 12.0. The number of aliphatic imine (C=N–C) groups is 2. The first-order valence-corrected chi connectivity index (χ1v) is 10.4. The third kappa shape index (κ3) is 7.51. The Balaban J connectivity index is 1.64. The molecule has 0 aromatic heterocycles. The first-order chi connectivity index (χ1) is 15.2. The lowest BCUT2D eigenvalue weighted by atomic mass is 10.2. The number of hydrazine groups is 1. The summed E-state index contributed by atoms with van der Waals surface area (Å²) < 4.78 is 0. The second-order valence-electron chi connectivity index (χ2n) is 7.05. The molecule has 0 bridgehead atoms. The van der Waals surface area contributed by atoms with Gasteiger partial charge in [0.2, 0.25) is 11.9 Å². The van der Waals surface area contributed by atoms with Crippen LogP contribution in [-0.4, -0.2) is 31.0 Å². The molecule has 0 radical (unpaired) electrons. The average molecular weight is 415 g/mol. The summed E-state index contributed by atoms with van der Waals surface area (Å²) in [5.41, 5.74) is 6.85. The van der Waals surface area contributed by atoms with Crippen molar-refractivity contribution in [2.75, 3.05) is 14.1 Å². The molecule has 0 aliphatic heterocycles. The Morgan fingerprint density at radius 3 is 1.71 bits per heavy atom. The fourth-order valence-corrected chi connectivity index (χ4v) is 3.00. The smallest absolute Gasteiger partial charge is 0.212 e. The molecule has 3 N–H and O–H groups in total. The van der Waals surface area contributed by atoms with Crippen molar-refractivity contribution in [3.05, 3.63) is 108 Å². The molecule has 0 atom stereocenters. The molecule has 3 aromatic carbocycles. The highest BCUT2D eigenvalue weighted by Crippen LogP contribution is 2.02. The fourth-order valence-electron chi connectivity index (χ4n) is 3.00. The van der Waals surface area contributed by atoms with Gasteiger partial charge in [-0.2, -0.15) is 0 Å². The van der Waals surface area contributed by atoms with E-state index in [2.05, 4.69) is 57.4 Å². The van der Waals surface area contributed by atoms with E-state index in [1.165, 1.54) is 11.1 Å². The highest BCUT2D eigenvalue weighted by molar-refractivity contribution is 5.85. The van der Waals surface area contributed by atoms with Crippen LogP contribution in [-0.2, 0) is 19.6 Å². The van der Waals surface area contributed by atoms with Gasteiger partial charge in [0, 0.05) is 27.2 Å². The van der Waals surface area contributed by atoms with Crippen molar-refractivity contribution in [2.45, 2.75) is 19.6 Å². The Morgan fingerprint density at radius 2 is 1.19 bits per heavy atom. The van der Waals surface area contributed by atoms with Crippen molar-refractivity contribution >= 4 is 11.9 Å². The lowest BCUT2D eigenvalue weighted by Gasteiger charge is -2.25. The standard InChI is InChI=1S/C25H30N6/c1-26-25(29-20-23-16-10-5-11-17-23)31(2)30-24(27-18-21-12-6-3-7-13-21)28-19-22-14-8-4-9-15-22/h3-17H,18-20H2,1-2H3,(H,26,29)(H2,27,28,30). The summed E-state index contributed by atoms with van der Waals surface area (Å²) in [5, 5.41) is 8.61. The van der Waals surface area contributed by atoms with E-state index in [1.54, 1.807) is 7.05 Å². The van der Waals surface area contributed by atoms with Gasteiger partial charge in [0.15, 0.2) is 0 Å². The van der Waals surface area contributed by atoms with Crippen LogP contribution in [0, 0.1) is 0 Å². The van der Waals surface area contributed by atoms with Crippen molar-refractivity contribution < 1.29 is 0 Å². The molecule has 0 heterocycles. The van der Waals surface area contributed by atoms with Gasteiger partial charge in [-0.25, -0.2) is 4.99 Å². The number of nitrogens with one attached hydrogen (secondary N) is 3. The molecule has 0 saturated heterocycles. The van der Waals surface area contributed by atoms with Crippen LogP contribution in [0.3, 0.4) is 0 Å². The predicted octanol–water partition coefficient (Wildman–Crippen LogP) is 3.54. The van der Waals surface area contributed by atoms with Gasteiger partial charge in [-0.15, -0.1) is 0 Å². The van der Waals surface area contributed by atoms with Gasteiger partial charge in [0.25, 0.3) is 0 Å². The van der Waals surface area contributed by atoms with Gasteiger partial charge in [0.1, 0.15) is 0 Å². The van der Waals surface area contributed by atoms with Crippen LogP contribution in [0.2, 0.25) is 0 Å². The maximum absolute atomic E-state index is 4.75. The monoisotopic (exact) mass is 414 g/mol. The van der Waals surface area contributed by atoms with Crippen LogP contribution in [0.4, 0.5) is 0 Å². The van der Waals surface area contributed by atoms with E-state index in [-0.39, 0.29) is 0 Å². The summed E-state index contributed by atoms with van der Waals surface area (Å²) in [5.74, 6) is 1.40. The van der Waals surface area contributed by atoms with Gasteiger partial charge in [-0.05, 0) is 16.7 Å². The van der Waals surface area contributed by atoms with Crippen LogP contribution in [0.5, 0.6) is 0 Å². The molecule has 6 nitrogen and oxygen atoms in total. The van der Waals surface area contributed by atoms with E-state index in [4.69, 9.17) is 4.99 Å². The van der Waals surface area contributed by atoms with Crippen LogP contribution < -0.4 is 16.1 Å². The van der Waals surface area contributed by atoms with Gasteiger partial charge in [0.05, 0.1) is 6.54 Å². The second-order valence-corrected chi connectivity index (χ2v) is 7.05. The summed E-state index contributed by atoms with van der Waals surface area (Å²) in [6.07, 6.45) is 0. The molecule has 6 heteroatoms. The maximum Gasteiger partial charge on any atom is 0.212 e. The molecule has 0 aliphatic rings. The van der Waals surface area contributed by atoms with Crippen LogP contribution in [0.1, 0.15) is 16.7 Å². The van der Waals surface area contributed by atoms with Crippen molar-refractivity contribution in [1.82, 2.24) is 21.1 Å². The Morgan fingerprint density at radius 1 is 0.710 bits per heavy atom. The summed E-state index contributed by atoms with van der Waals surface area (Å²) in [6.45, 7) is 1.94. The highest BCUT2D eigenvalue weighted by atomic mass is 15.6. The van der Waals surface area contributed by atoms with Gasteiger partial charge in [-0.1, -0.05) is 91.0 Å². The number of benzene rings is 3. The topological polar surface area (TPSA) is 64.0 Å². The van der Waals surface area contributed by atoms with Gasteiger partial charge < -0.3 is 10.6 Å². The molecular weight excluding hydrogens is 384 g/mol. The minimum atomic E-state index is 0.578. The van der Waals surface area contributed by atoms with Crippen molar-refractivity contribution in [2.24, 2.45) is 9.98 Å². The molecule has 0 aliphatic carbocycles. The molecule has 160 valence electrons. The van der Waals surface area contributed by atoms with E-state index in [1.807, 2.05) is 66.7 Å². The van der Waals surface area contributed by atoms with Crippen molar-refractivity contribution in [1.29, 1.82) is 0 Å². The molecule has 0 amide bonds. The molecule has 0 spiro atoms. The zero-order valence-electron chi connectivity index (χ0n) is 18.1. The molecule has 0 saturated carbocycles. The minimum Gasteiger partial charge on any atom is -0.351 e. The van der Waals surface area contributed by atoms with E-state index in [0.29, 0.717) is 25.6 Å². The third-order valence-electron chi connectivity index (χ3n) is 4.66. The Kier molecular flexibility index (Phi) is 8.49. The first-order valence-electron chi connectivity index (χ1n) is 10.4. The zero-order chi connectivity index (χ0) is 21.7. The van der Waals surface area contributed by atoms with Crippen LogP contribution >= 0.6 is 0 Å². The molecular formula is C25H30N6. The van der Waals surface area contributed by atoms with Crippen molar-refractivity contribution in [3.63, 3.8) is 0 Å². The lowest BCUT2D eigenvalue weighted by Crippen LogP contribution is -2.52. The molecule has 3 aromatic rings. The summed E-state index contributed by atoms with van der Waals surface area (Å²) in [6, 6.07) is 30.7. The highest BCUT2D eigenvalue weighted by Gasteiger charge is 2.09. The maximum atomic E-state index is 4.75. The molecule has 31 heavy (non-hydrogen) atoms. The van der Waals surface area contributed by atoms with E-state index in [9.17, 15) is 0 Å². The number of hydrogen-bond donors (Lipinski definition) is 3. The van der Waals surface area contributed by atoms with Crippen LogP contribution in [0.15, 0.2) is 101 Å². The number of guanidine groups is 2. The summed E-state index contributed by atoms with van der Waals surface area (Å²) >= 11 is 0. The summed E-state index contributed by atoms with van der Waals surface area (Å²) in [4.78, 5) is 9.13. The largest absolute Gasteiger partial charge is 0.351 e. The van der Waals surface area contributed by atoms with Gasteiger partial charge in [-0.3, -0.25) is 15.4 Å². The first kappa shape index (κ1) is 21.9. The normalized spacial score (nSPS) is 11.7. The number of nitrogens with zero attached hydrogens (tertiary/aromatic N) is 3. The Labute approximate surface area is 184 Å². The SMILES string of the molecule is CN=C(NCc1ccccc1)N(C)NC(=NCc1ccccc1)NCc1ccccc1. The average Bonchev–Trinajstić information content (AvgIpc) is 2.83. The number of rotatable bonds is 6. The van der Waals surface area contributed by atoms with E-state index < -0.39 is 0 Å².